The third-order valence-electron chi connectivity index (χ3n) is 4.68. The van der Waals surface area contributed by atoms with Gasteiger partial charge < -0.3 is 20.9 Å². The minimum Gasteiger partial charge on any atom is -0.399 e. The number of hydrogen-bond acceptors (Lipinski definition) is 4. The average Bonchev–Trinajstić information content (AvgIpc) is 2.59. The summed E-state index contributed by atoms with van der Waals surface area (Å²) < 4.78 is 0. The number of nitrogen functional groups attached to an aromatic ring is 1. The molecular weight excluding hydrogens is 304 g/mol. The van der Waals surface area contributed by atoms with E-state index < -0.39 is 6.04 Å². The normalized spacial score (nSPS) is 18.0. The summed E-state index contributed by atoms with van der Waals surface area (Å²) in [5.74, 6) is -0.229. The number of piperazine rings is 1. The van der Waals surface area contributed by atoms with E-state index in [2.05, 4.69) is 17.3 Å². The lowest BCUT2D eigenvalue weighted by Gasteiger charge is -2.36. The van der Waals surface area contributed by atoms with Crippen LogP contribution in [0.25, 0.3) is 0 Å². The van der Waals surface area contributed by atoms with Gasteiger partial charge in [0.15, 0.2) is 0 Å². The van der Waals surface area contributed by atoms with E-state index in [1.165, 1.54) is 0 Å². The number of hydrogen-bond donors (Lipinski definition) is 2. The van der Waals surface area contributed by atoms with Crippen molar-refractivity contribution in [2.45, 2.75) is 32.2 Å². The van der Waals surface area contributed by atoms with Crippen LogP contribution in [-0.2, 0) is 9.59 Å². The first-order valence-corrected chi connectivity index (χ1v) is 8.54. The van der Waals surface area contributed by atoms with E-state index in [1.807, 2.05) is 36.1 Å². The van der Waals surface area contributed by atoms with Gasteiger partial charge in [0.05, 0.1) is 0 Å². The standard InChI is InChI=1S/C18H28N4O2/c1-4-16(23)20-17(13(2)14-5-7-15(19)8-6-14)18(24)22-11-9-21(3)10-12-22/h5-8,13,17H,4,9-12,19H2,1-3H3,(H,20,23)/t13-,17+/m0/s1. The molecule has 0 unspecified atom stereocenters. The van der Waals surface area contributed by atoms with Crippen LogP contribution < -0.4 is 11.1 Å². The van der Waals surface area contributed by atoms with E-state index in [4.69, 9.17) is 5.73 Å². The molecule has 0 aliphatic carbocycles. The molecule has 1 aromatic rings. The van der Waals surface area contributed by atoms with Crippen molar-refractivity contribution in [2.24, 2.45) is 0 Å². The lowest BCUT2D eigenvalue weighted by atomic mass is 9.91. The molecule has 132 valence electrons. The second kappa shape index (κ2) is 8.15. The first-order valence-electron chi connectivity index (χ1n) is 8.54. The van der Waals surface area contributed by atoms with Crippen molar-refractivity contribution in [3.8, 4) is 0 Å². The molecule has 0 aromatic heterocycles. The molecular formula is C18H28N4O2. The van der Waals surface area contributed by atoms with Crippen molar-refractivity contribution in [2.75, 3.05) is 39.0 Å². The Morgan fingerprint density at radius 3 is 2.29 bits per heavy atom. The van der Waals surface area contributed by atoms with Crippen LogP contribution in [-0.4, -0.2) is 60.9 Å². The molecule has 0 spiro atoms. The van der Waals surface area contributed by atoms with Gasteiger partial charge in [-0.3, -0.25) is 9.59 Å². The molecule has 0 bridgehead atoms. The number of rotatable bonds is 5. The second-order valence-electron chi connectivity index (χ2n) is 6.48. The van der Waals surface area contributed by atoms with Crippen LogP contribution in [0.1, 0.15) is 31.7 Å². The van der Waals surface area contributed by atoms with Gasteiger partial charge in [0.25, 0.3) is 0 Å². The van der Waals surface area contributed by atoms with Gasteiger partial charge in [0.2, 0.25) is 11.8 Å². The van der Waals surface area contributed by atoms with Gasteiger partial charge in [-0.2, -0.15) is 0 Å². The SMILES string of the molecule is CCC(=O)N[C@@H](C(=O)N1CCN(C)CC1)[C@@H](C)c1ccc(N)cc1. The highest BCUT2D eigenvalue weighted by Crippen LogP contribution is 2.22. The van der Waals surface area contributed by atoms with Crippen molar-refractivity contribution in [3.63, 3.8) is 0 Å². The summed E-state index contributed by atoms with van der Waals surface area (Å²) in [7, 11) is 2.05. The topological polar surface area (TPSA) is 78.7 Å². The Morgan fingerprint density at radius 1 is 1.17 bits per heavy atom. The van der Waals surface area contributed by atoms with Crippen LogP contribution in [0.2, 0.25) is 0 Å². The van der Waals surface area contributed by atoms with E-state index in [0.29, 0.717) is 25.2 Å². The highest BCUT2D eigenvalue weighted by atomic mass is 16.2. The highest BCUT2D eigenvalue weighted by molar-refractivity contribution is 5.88. The van der Waals surface area contributed by atoms with Crippen LogP contribution in [0.15, 0.2) is 24.3 Å². The molecule has 1 saturated heterocycles. The second-order valence-corrected chi connectivity index (χ2v) is 6.48. The maximum atomic E-state index is 13.0. The number of likely N-dealkylation sites (N-methyl/N-ethyl adjacent to an activating group) is 1. The molecule has 1 aliphatic heterocycles. The highest BCUT2D eigenvalue weighted by Gasteiger charge is 2.32. The van der Waals surface area contributed by atoms with Crippen LogP contribution in [0, 0.1) is 0 Å². The van der Waals surface area contributed by atoms with E-state index in [9.17, 15) is 9.59 Å². The molecule has 1 fully saturated rings. The van der Waals surface area contributed by atoms with Gasteiger partial charge in [0, 0.05) is 44.2 Å². The predicted molar refractivity (Wildman–Crippen MR) is 95.6 cm³/mol. The summed E-state index contributed by atoms with van der Waals surface area (Å²) >= 11 is 0. The summed E-state index contributed by atoms with van der Waals surface area (Å²) in [6, 6.07) is 6.94. The lowest BCUT2D eigenvalue weighted by molar-refractivity contribution is -0.138. The first kappa shape index (κ1) is 18.3. The molecule has 0 radical (unpaired) electrons. The van der Waals surface area contributed by atoms with Crippen molar-refractivity contribution >= 4 is 17.5 Å². The predicted octanol–water partition coefficient (Wildman–Crippen LogP) is 1.04. The maximum Gasteiger partial charge on any atom is 0.245 e. The summed E-state index contributed by atoms with van der Waals surface area (Å²) in [6.07, 6.45) is 0.362. The number of amides is 2. The first-order chi connectivity index (χ1) is 11.4. The fraction of sp³-hybridized carbons (Fsp3) is 0.556. The quantitative estimate of drug-likeness (QED) is 0.790. The van der Waals surface area contributed by atoms with Crippen LogP contribution >= 0.6 is 0 Å². The largest absolute Gasteiger partial charge is 0.399 e. The van der Waals surface area contributed by atoms with Crippen LogP contribution in [0.4, 0.5) is 5.69 Å². The van der Waals surface area contributed by atoms with E-state index in [-0.39, 0.29) is 17.7 Å². The Labute approximate surface area is 144 Å². The zero-order valence-electron chi connectivity index (χ0n) is 14.8. The number of nitrogens with zero attached hydrogens (tertiary/aromatic N) is 2. The average molecular weight is 332 g/mol. The van der Waals surface area contributed by atoms with Crippen molar-refractivity contribution in [1.82, 2.24) is 15.1 Å². The molecule has 2 rings (SSSR count). The third-order valence-corrected chi connectivity index (χ3v) is 4.68. The fourth-order valence-corrected chi connectivity index (χ4v) is 2.89. The molecule has 6 nitrogen and oxygen atoms in total. The van der Waals surface area contributed by atoms with Gasteiger partial charge in [-0.1, -0.05) is 26.0 Å². The fourth-order valence-electron chi connectivity index (χ4n) is 2.89. The van der Waals surface area contributed by atoms with Crippen molar-refractivity contribution in [3.05, 3.63) is 29.8 Å². The van der Waals surface area contributed by atoms with Crippen LogP contribution in [0.5, 0.6) is 0 Å². The lowest BCUT2D eigenvalue weighted by Crippen LogP contribution is -2.55. The minimum atomic E-state index is -0.551. The van der Waals surface area contributed by atoms with Crippen LogP contribution in [0.3, 0.4) is 0 Å². The maximum absolute atomic E-state index is 13.0. The summed E-state index contributed by atoms with van der Waals surface area (Å²) in [5.41, 5.74) is 7.42. The Morgan fingerprint density at radius 2 is 1.75 bits per heavy atom. The zero-order valence-corrected chi connectivity index (χ0v) is 14.8. The van der Waals surface area contributed by atoms with Gasteiger partial charge in [0.1, 0.15) is 6.04 Å². The molecule has 2 amide bonds. The summed E-state index contributed by atoms with van der Waals surface area (Å²) in [6.45, 7) is 6.87. The van der Waals surface area contributed by atoms with Gasteiger partial charge in [-0.25, -0.2) is 0 Å². The van der Waals surface area contributed by atoms with E-state index in [0.717, 1.165) is 18.7 Å². The smallest absolute Gasteiger partial charge is 0.245 e. The molecule has 24 heavy (non-hydrogen) atoms. The number of carbonyl (C=O) groups is 2. The molecule has 1 aromatic carbocycles. The third kappa shape index (κ3) is 4.47. The number of carbonyl (C=O) groups excluding carboxylic acids is 2. The molecule has 2 atom stereocenters. The molecule has 1 heterocycles. The number of nitrogens with one attached hydrogen (secondary N) is 1. The van der Waals surface area contributed by atoms with Crippen molar-refractivity contribution in [1.29, 1.82) is 0 Å². The van der Waals surface area contributed by atoms with Gasteiger partial charge >= 0.3 is 0 Å². The molecule has 0 saturated carbocycles. The molecule has 3 N–H and O–H groups in total. The number of nitrogens with two attached hydrogens (primary N) is 1. The van der Waals surface area contributed by atoms with Gasteiger partial charge in [-0.05, 0) is 24.7 Å². The van der Waals surface area contributed by atoms with Crippen molar-refractivity contribution < 1.29 is 9.59 Å². The Kier molecular flexibility index (Phi) is 6.20. The van der Waals surface area contributed by atoms with Gasteiger partial charge in [-0.15, -0.1) is 0 Å². The Hall–Kier alpha value is -2.08. The Balaban J connectivity index is 2.18. The summed E-state index contributed by atoms with van der Waals surface area (Å²) in [5, 5.41) is 2.91. The number of benzene rings is 1. The monoisotopic (exact) mass is 332 g/mol. The van der Waals surface area contributed by atoms with E-state index in [1.54, 1.807) is 6.92 Å². The zero-order chi connectivity index (χ0) is 17.7. The Bertz CT molecular complexity index is 565. The molecule has 1 aliphatic rings. The summed E-state index contributed by atoms with van der Waals surface area (Å²) in [4.78, 5) is 29.0. The van der Waals surface area contributed by atoms with E-state index >= 15 is 0 Å². The molecule has 6 heteroatoms. The minimum absolute atomic E-state index is 0.00535. The number of anilines is 1.